The summed E-state index contributed by atoms with van der Waals surface area (Å²) < 4.78 is 11.7. The third kappa shape index (κ3) is 3.96. The molecule has 0 fully saturated rings. The van der Waals surface area contributed by atoms with Crippen LogP contribution in [0.1, 0.15) is 13.3 Å². The summed E-state index contributed by atoms with van der Waals surface area (Å²) in [5.74, 6) is 0.538. The molecule has 3 aromatic rings. The van der Waals surface area contributed by atoms with Crippen molar-refractivity contribution in [1.82, 2.24) is 0 Å². The second kappa shape index (κ2) is 8.32. The first-order valence-electron chi connectivity index (χ1n) is 10.2. The van der Waals surface area contributed by atoms with Crippen LogP contribution in [-0.2, 0) is 9.53 Å². The van der Waals surface area contributed by atoms with Crippen LogP contribution in [0, 0.1) is 0 Å². The van der Waals surface area contributed by atoms with Gasteiger partial charge < -0.3 is 9.47 Å². The van der Waals surface area contributed by atoms with E-state index < -0.39 is 13.7 Å². The Bertz CT molecular complexity index is 992. The number of para-hydroxylation sites is 1. The Kier molecular flexibility index (Phi) is 5.60. The Balaban J connectivity index is 1.89. The second-order valence-corrected chi connectivity index (χ2v) is 11.8. The smallest absolute Gasteiger partial charge is 0.333 e. The van der Waals surface area contributed by atoms with Crippen molar-refractivity contribution in [2.24, 2.45) is 0 Å². The molecule has 0 amide bonds. The minimum atomic E-state index is -2.45. The average Bonchev–Trinajstić information content (AvgIpc) is 2.79. The van der Waals surface area contributed by atoms with Crippen molar-refractivity contribution in [2.75, 3.05) is 7.11 Å². The van der Waals surface area contributed by atoms with Crippen LogP contribution in [0.25, 0.3) is 0 Å². The molecule has 3 aromatic carbocycles. The molecule has 4 rings (SSSR count). The average molecular weight is 415 g/mol. The van der Waals surface area contributed by atoms with E-state index in [9.17, 15) is 4.79 Å². The van der Waals surface area contributed by atoms with E-state index in [1.165, 1.54) is 17.5 Å². The van der Waals surface area contributed by atoms with Gasteiger partial charge in [-0.05, 0) is 35.5 Å². The van der Waals surface area contributed by atoms with Gasteiger partial charge in [-0.15, -0.1) is 0 Å². The van der Waals surface area contributed by atoms with Crippen molar-refractivity contribution >= 4 is 24.4 Å². The number of methoxy groups -OCH3 is 1. The number of hydrogen-bond acceptors (Lipinski definition) is 3. The van der Waals surface area contributed by atoms with Gasteiger partial charge in [0.1, 0.15) is 19.4 Å². The van der Waals surface area contributed by atoms with Crippen LogP contribution in [0.5, 0.6) is 5.75 Å². The van der Waals surface area contributed by atoms with E-state index >= 15 is 0 Å². The lowest BCUT2D eigenvalue weighted by atomic mass is 9.98. The van der Waals surface area contributed by atoms with Crippen LogP contribution in [0.2, 0.25) is 6.04 Å². The minimum Gasteiger partial charge on any atom is -0.487 e. The summed E-state index contributed by atoms with van der Waals surface area (Å²) >= 11 is 0. The molecule has 3 nitrogen and oxygen atoms in total. The number of carbonyl (C=O) groups excluding carboxylic acids is 1. The van der Waals surface area contributed by atoms with E-state index in [4.69, 9.17) is 9.47 Å². The van der Waals surface area contributed by atoms with Crippen LogP contribution >= 0.6 is 0 Å². The maximum absolute atomic E-state index is 12.7. The highest BCUT2D eigenvalue weighted by Gasteiger charge is 2.48. The van der Waals surface area contributed by atoms with Gasteiger partial charge >= 0.3 is 5.97 Å². The van der Waals surface area contributed by atoms with E-state index in [1.807, 2.05) is 42.5 Å². The van der Waals surface area contributed by atoms with Gasteiger partial charge in [-0.2, -0.15) is 0 Å². The van der Waals surface area contributed by atoms with Crippen molar-refractivity contribution in [3.05, 3.63) is 102 Å². The van der Waals surface area contributed by atoms with Gasteiger partial charge in [0.25, 0.3) is 0 Å². The molecule has 0 saturated heterocycles. The summed E-state index contributed by atoms with van der Waals surface area (Å²) in [6.07, 6.45) is 0.517. The molecule has 0 radical (unpaired) electrons. The first-order valence-corrected chi connectivity index (χ1v) is 12.5. The molecule has 1 heterocycles. The maximum Gasteiger partial charge on any atom is 0.333 e. The molecule has 4 heteroatoms. The summed E-state index contributed by atoms with van der Waals surface area (Å²) in [5, 5.41) is 2.53. The van der Waals surface area contributed by atoms with Crippen LogP contribution < -0.4 is 15.1 Å². The molecule has 0 N–H and O–H groups in total. The fourth-order valence-corrected chi connectivity index (χ4v) is 9.51. The van der Waals surface area contributed by atoms with E-state index in [2.05, 4.69) is 61.2 Å². The predicted octanol–water partition coefficient (Wildman–Crippen LogP) is 4.13. The van der Waals surface area contributed by atoms with Gasteiger partial charge in [-0.1, -0.05) is 84.6 Å². The highest BCUT2D eigenvalue weighted by atomic mass is 28.3. The largest absolute Gasteiger partial charge is 0.487 e. The summed E-state index contributed by atoms with van der Waals surface area (Å²) in [4.78, 5) is 12.7. The van der Waals surface area contributed by atoms with Crippen LogP contribution in [-0.4, -0.2) is 26.8 Å². The molecule has 1 unspecified atom stereocenters. The van der Waals surface area contributed by atoms with Crippen LogP contribution in [0.15, 0.2) is 102 Å². The molecule has 0 bridgehead atoms. The van der Waals surface area contributed by atoms with Crippen molar-refractivity contribution in [3.63, 3.8) is 0 Å². The van der Waals surface area contributed by atoms with Crippen molar-refractivity contribution in [1.29, 1.82) is 0 Å². The minimum absolute atomic E-state index is 0.277. The fraction of sp³-hybridized carbons (Fsp3) is 0.192. The zero-order valence-corrected chi connectivity index (χ0v) is 18.4. The van der Waals surface area contributed by atoms with Crippen molar-refractivity contribution < 1.29 is 14.3 Å². The molecule has 30 heavy (non-hydrogen) atoms. The molecule has 1 aliphatic heterocycles. The lowest BCUT2D eigenvalue weighted by Gasteiger charge is -2.44. The zero-order valence-electron chi connectivity index (χ0n) is 17.4. The molecule has 0 aliphatic carbocycles. The summed E-state index contributed by atoms with van der Waals surface area (Å²) in [6, 6.07) is 31.8. The SMILES string of the molecule is COC(=O)C1=C[Si](c2ccccc2)(c2ccccc2)CC(C)(Oc2ccccc2)C1. The monoisotopic (exact) mass is 414 g/mol. The Labute approximate surface area is 179 Å². The molecule has 152 valence electrons. The van der Waals surface area contributed by atoms with E-state index in [-0.39, 0.29) is 5.97 Å². The Hall–Kier alpha value is -3.11. The zero-order chi connectivity index (χ0) is 21.0. The molecule has 0 spiro atoms. The standard InChI is InChI=1S/C26H26O3Si/c1-26(29-22-12-6-3-7-13-22)18-21(25(27)28-2)19-30(20-26,23-14-8-4-9-15-23)24-16-10-5-11-17-24/h3-17,19H,18,20H2,1-2H3. The van der Waals surface area contributed by atoms with Crippen molar-refractivity contribution in [2.45, 2.75) is 25.0 Å². The topological polar surface area (TPSA) is 35.5 Å². The third-order valence-corrected chi connectivity index (χ3v) is 10.6. The van der Waals surface area contributed by atoms with Crippen LogP contribution in [0.3, 0.4) is 0 Å². The Morgan fingerprint density at radius 3 is 1.83 bits per heavy atom. The van der Waals surface area contributed by atoms with Crippen molar-refractivity contribution in [3.8, 4) is 5.75 Å². The van der Waals surface area contributed by atoms with Gasteiger partial charge in [0.05, 0.1) is 7.11 Å². The lowest BCUT2D eigenvalue weighted by Crippen LogP contribution is -2.63. The molecular formula is C26H26O3Si. The summed E-state index contributed by atoms with van der Waals surface area (Å²) in [7, 11) is -1.01. The fourth-order valence-electron chi connectivity index (χ4n) is 4.57. The summed E-state index contributed by atoms with van der Waals surface area (Å²) in [6.45, 7) is 2.11. The predicted molar refractivity (Wildman–Crippen MR) is 123 cm³/mol. The number of hydrogen-bond donors (Lipinski definition) is 0. The van der Waals surface area contributed by atoms with E-state index in [1.54, 1.807) is 0 Å². The van der Waals surface area contributed by atoms with Gasteiger partial charge in [-0.3, -0.25) is 0 Å². The Morgan fingerprint density at radius 1 is 0.833 bits per heavy atom. The number of ether oxygens (including phenoxy) is 2. The van der Waals surface area contributed by atoms with Crippen LogP contribution in [0.4, 0.5) is 0 Å². The quantitative estimate of drug-likeness (QED) is 0.465. The van der Waals surface area contributed by atoms with Gasteiger partial charge in [-0.25, -0.2) is 4.79 Å². The number of rotatable bonds is 5. The normalized spacial score (nSPS) is 20.1. The number of benzene rings is 3. The molecule has 1 aliphatic rings. The molecule has 0 saturated carbocycles. The number of carbonyl (C=O) groups is 1. The highest BCUT2D eigenvalue weighted by molar-refractivity contribution is 7.06. The number of esters is 1. The summed E-state index contributed by atoms with van der Waals surface area (Å²) in [5.41, 5.74) is 2.39. The van der Waals surface area contributed by atoms with E-state index in [0.717, 1.165) is 11.8 Å². The lowest BCUT2D eigenvalue weighted by molar-refractivity contribution is -0.136. The first kappa shape index (κ1) is 20.2. The third-order valence-electron chi connectivity index (χ3n) is 5.77. The maximum atomic E-state index is 12.7. The van der Waals surface area contributed by atoms with Gasteiger partial charge in [0, 0.05) is 12.0 Å². The first-order chi connectivity index (χ1) is 14.5. The highest BCUT2D eigenvalue weighted by Crippen LogP contribution is 2.38. The molecule has 0 aromatic heterocycles. The van der Waals surface area contributed by atoms with Gasteiger partial charge in [0.15, 0.2) is 0 Å². The van der Waals surface area contributed by atoms with E-state index in [0.29, 0.717) is 12.0 Å². The van der Waals surface area contributed by atoms with Gasteiger partial charge in [0.2, 0.25) is 0 Å². The molecular weight excluding hydrogens is 388 g/mol. The molecule has 1 atom stereocenters. The second-order valence-electron chi connectivity index (χ2n) is 8.08. The Morgan fingerprint density at radius 2 is 1.33 bits per heavy atom.